The Balaban J connectivity index is 1.22. The molecule has 1 fully saturated rings. The van der Waals surface area contributed by atoms with Crippen LogP contribution in [0.25, 0.3) is 10.1 Å². The first-order valence-electron chi connectivity index (χ1n) is 11.4. The van der Waals surface area contributed by atoms with Gasteiger partial charge in [0.15, 0.2) is 5.13 Å². The average Bonchev–Trinajstić information content (AvgIpc) is 3.38. The number of nitrogens with two attached hydrogens (primary N) is 1. The summed E-state index contributed by atoms with van der Waals surface area (Å²) in [4.78, 5) is 11.4. The first-order chi connectivity index (χ1) is 14.7. The maximum Gasteiger partial charge on any atom is 0.180 e. The number of nitrogens with zero attached hydrogens (tertiary/aromatic N) is 3. The van der Waals surface area contributed by atoms with E-state index in [0.29, 0.717) is 6.04 Å². The van der Waals surface area contributed by atoms with Crippen molar-refractivity contribution in [1.82, 2.24) is 9.88 Å². The fourth-order valence-corrected chi connectivity index (χ4v) is 7.10. The van der Waals surface area contributed by atoms with Gasteiger partial charge in [-0.15, -0.1) is 22.7 Å². The third kappa shape index (κ3) is 4.10. The van der Waals surface area contributed by atoms with Gasteiger partial charge >= 0.3 is 0 Å². The van der Waals surface area contributed by atoms with Gasteiger partial charge in [-0.3, -0.25) is 4.90 Å². The number of benzene rings is 1. The zero-order valence-corrected chi connectivity index (χ0v) is 19.5. The van der Waals surface area contributed by atoms with E-state index in [0.717, 1.165) is 23.9 Å². The number of thiophene rings is 1. The summed E-state index contributed by atoms with van der Waals surface area (Å²) in [5.41, 5.74) is 8.66. The summed E-state index contributed by atoms with van der Waals surface area (Å²) in [7, 11) is 0. The molecule has 2 aliphatic rings. The van der Waals surface area contributed by atoms with Crippen molar-refractivity contribution in [2.24, 2.45) is 5.92 Å². The van der Waals surface area contributed by atoms with E-state index in [4.69, 9.17) is 5.73 Å². The van der Waals surface area contributed by atoms with Crippen LogP contribution in [0.4, 0.5) is 10.8 Å². The van der Waals surface area contributed by atoms with Crippen molar-refractivity contribution in [2.75, 3.05) is 36.8 Å². The van der Waals surface area contributed by atoms with Crippen molar-refractivity contribution >= 4 is 43.6 Å². The predicted molar refractivity (Wildman–Crippen MR) is 131 cm³/mol. The maximum atomic E-state index is 5.97. The molecule has 1 saturated heterocycles. The highest BCUT2D eigenvalue weighted by Gasteiger charge is 2.29. The highest BCUT2D eigenvalue weighted by Crippen LogP contribution is 2.34. The van der Waals surface area contributed by atoms with Crippen LogP contribution in [0.3, 0.4) is 0 Å². The number of hydrogen-bond donors (Lipinski definition) is 1. The van der Waals surface area contributed by atoms with Gasteiger partial charge in [0.05, 0.1) is 5.69 Å². The Labute approximate surface area is 187 Å². The monoisotopic (exact) mass is 440 g/mol. The fraction of sp³-hybridized carbons (Fsp3) is 0.542. The van der Waals surface area contributed by atoms with Gasteiger partial charge in [-0.1, -0.05) is 13.0 Å². The van der Waals surface area contributed by atoms with Crippen LogP contribution in [0, 0.1) is 5.92 Å². The van der Waals surface area contributed by atoms with E-state index in [1.807, 2.05) is 11.3 Å². The second-order valence-corrected chi connectivity index (χ2v) is 10.9. The van der Waals surface area contributed by atoms with E-state index in [2.05, 4.69) is 51.4 Å². The molecule has 1 aliphatic heterocycles. The summed E-state index contributed by atoms with van der Waals surface area (Å²) < 4.78 is 1.41. The summed E-state index contributed by atoms with van der Waals surface area (Å²) in [5.74, 6) is 0.808. The summed E-state index contributed by atoms with van der Waals surface area (Å²) in [5, 5.41) is 4.39. The number of piperidine rings is 1. The van der Waals surface area contributed by atoms with Gasteiger partial charge in [-0.05, 0) is 74.6 Å². The summed E-state index contributed by atoms with van der Waals surface area (Å²) in [6.45, 7) is 7.14. The average molecular weight is 441 g/mol. The molecular formula is C24H32N4S2. The second kappa shape index (κ2) is 8.85. The first-order valence-corrected chi connectivity index (χ1v) is 13.1. The largest absolute Gasteiger partial charge is 0.375 e. The molecule has 0 spiro atoms. The van der Waals surface area contributed by atoms with Gasteiger partial charge in [-0.2, -0.15) is 0 Å². The third-order valence-corrected chi connectivity index (χ3v) is 8.71. The lowest BCUT2D eigenvalue weighted by molar-refractivity contribution is 0.143. The van der Waals surface area contributed by atoms with Gasteiger partial charge in [0, 0.05) is 46.3 Å². The lowest BCUT2D eigenvalue weighted by atomic mass is 9.91. The van der Waals surface area contributed by atoms with Crippen molar-refractivity contribution in [3.05, 3.63) is 40.2 Å². The molecule has 4 nitrogen and oxygen atoms in total. The minimum Gasteiger partial charge on any atom is -0.375 e. The molecule has 2 N–H and O–H groups in total. The van der Waals surface area contributed by atoms with E-state index in [1.165, 1.54) is 78.2 Å². The van der Waals surface area contributed by atoms with Crippen molar-refractivity contribution in [3.8, 4) is 0 Å². The summed E-state index contributed by atoms with van der Waals surface area (Å²) in [6.07, 6.45) is 7.29. The van der Waals surface area contributed by atoms with Crippen LogP contribution < -0.4 is 10.6 Å². The third-order valence-electron chi connectivity index (χ3n) is 6.88. The quantitative estimate of drug-likeness (QED) is 0.555. The lowest BCUT2D eigenvalue weighted by Gasteiger charge is -2.39. The van der Waals surface area contributed by atoms with E-state index >= 15 is 0 Å². The highest BCUT2D eigenvalue weighted by molar-refractivity contribution is 7.17. The molecule has 1 aliphatic carbocycles. The van der Waals surface area contributed by atoms with Crippen LogP contribution in [-0.2, 0) is 12.8 Å². The molecule has 0 amide bonds. The van der Waals surface area contributed by atoms with Gasteiger partial charge in [0.1, 0.15) is 0 Å². The molecule has 30 heavy (non-hydrogen) atoms. The van der Waals surface area contributed by atoms with Gasteiger partial charge in [0.2, 0.25) is 0 Å². The summed E-state index contributed by atoms with van der Waals surface area (Å²) >= 11 is 3.56. The zero-order valence-electron chi connectivity index (χ0n) is 17.8. The number of hydrogen-bond acceptors (Lipinski definition) is 6. The van der Waals surface area contributed by atoms with E-state index in [9.17, 15) is 0 Å². The van der Waals surface area contributed by atoms with Crippen LogP contribution in [0.5, 0.6) is 0 Å². The van der Waals surface area contributed by atoms with Crippen molar-refractivity contribution in [3.63, 3.8) is 0 Å². The minimum atomic E-state index is 0.662. The normalized spacial score (nSPS) is 20.2. The predicted octanol–water partition coefficient (Wildman–Crippen LogP) is 5.43. The first kappa shape index (κ1) is 20.3. The number of aryl methyl sites for hydroxylation is 1. The van der Waals surface area contributed by atoms with Crippen molar-refractivity contribution < 1.29 is 0 Å². The number of nitrogen functional groups attached to an aromatic ring is 1. The van der Waals surface area contributed by atoms with E-state index in [-0.39, 0.29) is 0 Å². The Morgan fingerprint density at radius 2 is 2.07 bits per heavy atom. The number of thiazole rings is 1. The van der Waals surface area contributed by atoms with Gasteiger partial charge in [0.25, 0.3) is 0 Å². The van der Waals surface area contributed by atoms with Crippen LogP contribution in [0.15, 0.2) is 29.6 Å². The second-order valence-electron chi connectivity index (χ2n) is 8.85. The summed E-state index contributed by atoms with van der Waals surface area (Å²) in [6, 6.07) is 9.71. The number of fused-ring (bicyclic) bond motifs is 2. The molecule has 1 atom stereocenters. The molecule has 0 bridgehead atoms. The maximum absolute atomic E-state index is 5.97. The zero-order chi connectivity index (χ0) is 20.5. The molecule has 0 saturated carbocycles. The molecule has 2 aromatic heterocycles. The van der Waals surface area contributed by atoms with Gasteiger partial charge in [-0.25, -0.2) is 4.98 Å². The molecule has 160 valence electrons. The number of rotatable bonds is 6. The number of aromatic nitrogens is 1. The van der Waals surface area contributed by atoms with Crippen LogP contribution in [0.1, 0.15) is 43.2 Å². The number of anilines is 2. The molecule has 1 aromatic carbocycles. The van der Waals surface area contributed by atoms with Crippen LogP contribution >= 0.6 is 22.7 Å². The topological polar surface area (TPSA) is 45.4 Å². The molecule has 0 radical (unpaired) electrons. The van der Waals surface area contributed by atoms with Gasteiger partial charge < -0.3 is 10.6 Å². The Morgan fingerprint density at radius 3 is 2.90 bits per heavy atom. The Bertz CT molecular complexity index is 986. The Hall–Kier alpha value is -1.63. The highest BCUT2D eigenvalue weighted by atomic mass is 32.1. The lowest BCUT2D eigenvalue weighted by Crippen LogP contribution is -2.45. The smallest absolute Gasteiger partial charge is 0.180 e. The molecule has 5 rings (SSSR count). The van der Waals surface area contributed by atoms with E-state index < -0.39 is 0 Å². The van der Waals surface area contributed by atoms with Crippen LogP contribution in [-0.4, -0.2) is 42.1 Å². The van der Waals surface area contributed by atoms with Crippen LogP contribution in [0.2, 0.25) is 0 Å². The SMILES string of the molecule is CCCN(CC1CCN(c2cccc3sccc23)CC1)[C@H]1CCc2nc(N)sc2C1. The standard InChI is InChI=1S/C24H32N4S2/c1-2-11-28(18-6-7-20-23(15-18)30-24(25)26-20)16-17-8-12-27(13-9-17)21-4-3-5-22-19(21)10-14-29-22/h3-5,10,14,17-18H,2,6-9,11-13,15-16H2,1H3,(H2,25,26)/t18-/m0/s1. The molecule has 6 heteroatoms. The minimum absolute atomic E-state index is 0.662. The van der Waals surface area contributed by atoms with Crippen molar-refractivity contribution in [1.29, 1.82) is 0 Å². The fourth-order valence-electron chi connectivity index (χ4n) is 5.34. The Kier molecular flexibility index (Phi) is 5.98. The van der Waals surface area contributed by atoms with E-state index in [1.54, 1.807) is 11.3 Å². The molecular weight excluding hydrogens is 408 g/mol. The van der Waals surface area contributed by atoms with Crippen molar-refractivity contribution in [2.45, 2.75) is 51.5 Å². The Morgan fingerprint density at radius 1 is 1.20 bits per heavy atom. The molecule has 3 heterocycles. The molecule has 0 unspecified atom stereocenters. The molecule has 3 aromatic rings.